The molecular weight excluding hydrogens is 316 g/mol. The van der Waals surface area contributed by atoms with Crippen LogP contribution in [0, 0.1) is 0 Å². The second kappa shape index (κ2) is 7.92. The molecule has 6 nitrogen and oxygen atoms in total. The van der Waals surface area contributed by atoms with Crippen LogP contribution in [0.5, 0.6) is 0 Å². The van der Waals surface area contributed by atoms with E-state index in [9.17, 15) is 9.59 Å². The lowest BCUT2D eigenvalue weighted by Gasteiger charge is -2.06. The van der Waals surface area contributed by atoms with Gasteiger partial charge in [0.25, 0.3) is 0 Å². The number of nitrogens with zero attached hydrogens (tertiary/aromatic N) is 2. The van der Waals surface area contributed by atoms with Crippen molar-refractivity contribution in [1.82, 2.24) is 0 Å². The van der Waals surface area contributed by atoms with Gasteiger partial charge in [0, 0.05) is 19.0 Å². The van der Waals surface area contributed by atoms with Crippen LogP contribution in [0.4, 0.5) is 5.00 Å². The van der Waals surface area contributed by atoms with Crippen LogP contribution in [0.15, 0.2) is 22.9 Å². The molecule has 0 N–H and O–H groups in total. The van der Waals surface area contributed by atoms with Gasteiger partial charge in [-0.2, -0.15) is 0 Å². The van der Waals surface area contributed by atoms with Crippen LogP contribution in [-0.2, 0) is 19.2 Å². The molecule has 1 aliphatic rings. The molecular formula is C16H20N2O4S. The predicted octanol–water partition coefficient (Wildman–Crippen LogP) is 2.84. The Hall–Kier alpha value is -2.15. The number of rotatable bonds is 7. The molecule has 0 unspecified atom stereocenters. The van der Waals surface area contributed by atoms with Crippen LogP contribution in [0.2, 0.25) is 0 Å². The Bertz CT molecular complexity index is 646. The monoisotopic (exact) mass is 336 g/mol. The summed E-state index contributed by atoms with van der Waals surface area (Å²) in [5.74, 6) is -0.942. The minimum Gasteiger partial charge on any atom is -0.465 e. The third-order valence-electron chi connectivity index (χ3n) is 3.18. The number of ether oxygens (including phenoxy) is 1. The van der Waals surface area contributed by atoms with Gasteiger partial charge in [0.05, 0.1) is 23.6 Å². The van der Waals surface area contributed by atoms with Gasteiger partial charge in [-0.15, -0.1) is 11.3 Å². The summed E-state index contributed by atoms with van der Waals surface area (Å²) in [6.07, 6.45) is 3.41. The van der Waals surface area contributed by atoms with Gasteiger partial charge in [0.1, 0.15) is 5.71 Å². The molecule has 7 heteroatoms. The summed E-state index contributed by atoms with van der Waals surface area (Å²) < 4.78 is 5.10. The third-order valence-corrected chi connectivity index (χ3v) is 4.38. The highest BCUT2D eigenvalue weighted by Crippen LogP contribution is 2.27. The average Bonchev–Trinajstić information content (AvgIpc) is 3.10. The van der Waals surface area contributed by atoms with Crippen LogP contribution >= 0.6 is 11.3 Å². The maximum absolute atomic E-state index is 11.8. The highest BCUT2D eigenvalue weighted by atomic mass is 32.1. The van der Waals surface area contributed by atoms with Gasteiger partial charge >= 0.3 is 11.9 Å². The van der Waals surface area contributed by atoms with Crippen molar-refractivity contribution >= 4 is 40.1 Å². The molecule has 0 spiro atoms. The third kappa shape index (κ3) is 4.66. The predicted molar refractivity (Wildman–Crippen MR) is 90.6 cm³/mol. The fourth-order valence-corrected chi connectivity index (χ4v) is 2.78. The first-order valence-corrected chi connectivity index (χ1v) is 8.26. The molecule has 0 fully saturated rings. The number of carbonyl (C=O) groups excluding carboxylic acids is 2. The number of unbranched alkanes of at least 4 members (excludes halogenated alkanes) is 1. The first-order chi connectivity index (χ1) is 11.0. The fraction of sp³-hybridized carbons (Fsp3) is 0.438. The van der Waals surface area contributed by atoms with Gasteiger partial charge < -0.3 is 14.5 Å². The van der Waals surface area contributed by atoms with E-state index in [0.29, 0.717) is 17.9 Å². The van der Waals surface area contributed by atoms with Crippen LogP contribution < -0.4 is 4.90 Å². The van der Waals surface area contributed by atoms with E-state index < -0.39 is 11.9 Å². The highest BCUT2D eigenvalue weighted by molar-refractivity contribution is 7.17. The average molecular weight is 336 g/mol. The van der Waals surface area contributed by atoms with E-state index in [0.717, 1.165) is 22.7 Å². The zero-order valence-electron chi connectivity index (χ0n) is 13.5. The Morgan fingerprint density at radius 1 is 1.43 bits per heavy atom. The molecule has 0 radical (unpaired) electrons. The molecule has 0 atom stereocenters. The largest absolute Gasteiger partial charge is 0.465 e. The minimum absolute atomic E-state index is 0.0623. The number of thiophene rings is 1. The summed E-state index contributed by atoms with van der Waals surface area (Å²) in [6.45, 7) is 2.40. The summed E-state index contributed by atoms with van der Waals surface area (Å²) in [5, 5.41) is 4.77. The number of hydrogen-bond donors (Lipinski definition) is 0. The van der Waals surface area contributed by atoms with Crippen molar-refractivity contribution in [2.24, 2.45) is 5.16 Å². The Morgan fingerprint density at radius 2 is 2.22 bits per heavy atom. The van der Waals surface area contributed by atoms with Crippen molar-refractivity contribution in [2.45, 2.75) is 26.2 Å². The van der Waals surface area contributed by atoms with Crippen LogP contribution in [-0.4, -0.2) is 38.4 Å². The first-order valence-electron chi connectivity index (χ1n) is 7.44. The summed E-state index contributed by atoms with van der Waals surface area (Å²) in [7, 11) is 3.90. The van der Waals surface area contributed by atoms with E-state index in [-0.39, 0.29) is 6.42 Å². The molecule has 2 rings (SSSR count). The smallest absolute Gasteiger partial charge is 0.367 e. The Labute approximate surface area is 139 Å². The molecule has 0 aromatic carbocycles. The van der Waals surface area contributed by atoms with Gasteiger partial charge in [0.2, 0.25) is 0 Å². The molecule has 0 saturated carbocycles. The van der Waals surface area contributed by atoms with Crippen LogP contribution in [0.3, 0.4) is 0 Å². The van der Waals surface area contributed by atoms with E-state index in [1.807, 2.05) is 38.1 Å². The van der Waals surface area contributed by atoms with Gasteiger partial charge in [-0.05, 0) is 24.6 Å². The second-order valence-electron chi connectivity index (χ2n) is 5.30. The number of anilines is 1. The van der Waals surface area contributed by atoms with E-state index in [4.69, 9.17) is 9.57 Å². The highest BCUT2D eigenvalue weighted by Gasteiger charge is 2.28. The lowest BCUT2D eigenvalue weighted by molar-refractivity contribution is -0.142. The molecule has 1 aromatic rings. The normalized spacial score (nSPS) is 15.5. The molecule has 124 valence electrons. The van der Waals surface area contributed by atoms with Crippen molar-refractivity contribution in [1.29, 1.82) is 0 Å². The summed E-state index contributed by atoms with van der Waals surface area (Å²) in [6, 6.07) is 3.88. The number of carbonyl (C=O) groups is 2. The topological polar surface area (TPSA) is 68.2 Å². The maximum Gasteiger partial charge on any atom is 0.367 e. The van der Waals surface area contributed by atoms with Crippen LogP contribution in [0.1, 0.15) is 31.1 Å². The quantitative estimate of drug-likeness (QED) is 0.331. The van der Waals surface area contributed by atoms with Crippen molar-refractivity contribution in [3.8, 4) is 0 Å². The van der Waals surface area contributed by atoms with Gasteiger partial charge in [-0.25, -0.2) is 4.79 Å². The molecule has 0 amide bonds. The molecule has 1 aromatic heterocycles. The summed E-state index contributed by atoms with van der Waals surface area (Å²) in [5.41, 5.74) is 0.626. The zero-order chi connectivity index (χ0) is 16.8. The second-order valence-corrected chi connectivity index (χ2v) is 6.39. The molecule has 0 saturated heterocycles. The van der Waals surface area contributed by atoms with E-state index >= 15 is 0 Å². The SMILES string of the molecule is CCCCOC(=O)CC1=NOC(=O)/C1=C/c1ccc(N(C)C)s1. The number of oxime groups is 1. The number of hydrogen-bond acceptors (Lipinski definition) is 7. The Kier molecular flexibility index (Phi) is 5.92. The molecule has 1 aliphatic heterocycles. The first kappa shape index (κ1) is 17.2. The summed E-state index contributed by atoms with van der Waals surface area (Å²) in [4.78, 5) is 31.2. The molecule has 2 heterocycles. The van der Waals surface area contributed by atoms with Gasteiger partial charge in [-0.1, -0.05) is 18.5 Å². The summed E-state index contributed by atoms with van der Waals surface area (Å²) >= 11 is 1.54. The fourth-order valence-electron chi connectivity index (χ4n) is 1.90. The van der Waals surface area contributed by atoms with E-state index in [2.05, 4.69) is 5.16 Å². The Balaban J connectivity index is 2.06. The molecule has 0 aliphatic carbocycles. The Morgan fingerprint density at radius 3 is 2.87 bits per heavy atom. The van der Waals surface area contributed by atoms with E-state index in [1.165, 1.54) is 11.3 Å². The zero-order valence-corrected chi connectivity index (χ0v) is 14.3. The lowest BCUT2D eigenvalue weighted by Crippen LogP contribution is -2.14. The minimum atomic E-state index is -0.541. The van der Waals surface area contributed by atoms with Crippen molar-refractivity contribution in [3.63, 3.8) is 0 Å². The van der Waals surface area contributed by atoms with E-state index in [1.54, 1.807) is 6.08 Å². The van der Waals surface area contributed by atoms with Crippen molar-refractivity contribution in [2.75, 3.05) is 25.6 Å². The van der Waals surface area contributed by atoms with Gasteiger partial charge in [0.15, 0.2) is 0 Å². The lowest BCUT2D eigenvalue weighted by atomic mass is 10.1. The standard InChI is InChI=1S/C16H20N2O4S/c1-4-5-8-21-15(19)10-13-12(16(20)22-17-13)9-11-6-7-14(23-11)18(2)3/h6-7,9H,4-5,8,10H2,1-3H3/b12-9+. The van der Waals surface area contributed by atoms with Crippen molar-refractivity contribution in [3.05, 3.63) is 22.6 Å². The van der Waals surface area contributed by atoms with Gasteiger partial charge in [-0.3, -0.25) is 4.79 Å². The number of esters is 1. The van der Waals surface area contributed by atoms with Crippen molar-refractivity contribution < 1.29 is 19.2 Å². The molecule has 0 bridgehead atoms. The maximum atomic E-state index is 11.8. The van der Waals surface area contributed by atoms with Crippen LogP contribution in [0.25, 0.3) is 6.08 Å². The molecule has 23 heavy (non-hydrogen) atoms.